The third kappa shape index (κ3) is 2.70. The Kier molecular flexibility index (Phi) is 3.89. The summed E-state index contributed by atoms with van der Waals surface area (Å²) in [5, 5.41) is 10.7. The highest BCUT2D eigenvalue weighted by Crippen LogP contribution is 2.61. The van der Waals surface area contributed by atoms with Crippen molar-refractivity contribution in [3.8, 4) is 0 Å². The first-order chi connectivity index (χ1) is 9.11. The van der Waals surface area contributed by atoms with E-state index in [1.807, 2.05) is 6.92 Å². The minimum absolute atomic E-state index is 0.0774. The lowest BCUT2D eigenvalue weighted by Crippen LogP contribution is -2.53. The van der Waals surface area contributed by atoms with E-state index in [4.69, 9.17) is 9.47 Å². The second-order valence-electron chi connectivity index (χ2n) is 7.40. The van der Waals surface area contributed by atoms with Crippen molar-refractivity contribution in [1.29, 1.82) is 0 Å². The van der Waals surface area contributed by atoms with E-state index >= 15 is 0 Å². The van der Waals surface area contributed by atoms with Crippen LogP contribution in [-0.4, -0.2) is 37.6 Å². The van der Waals surface area contributed by atoms with Crippen molar-refractivity contribution in [2.24, 2.45) is 23.2 Å². The molecule has 0 aromatic heterocycles. The first kappa shape index (κ1) is 13.8. The van der Waals surface area contributed by atoms with Crippen molar-refractivity contribution >= 4 is 0 Å². The lowest BCUT2D eigenvalue weighted by atomic mass is 9.48. The molecule has 0 aromatic carbocycles. The molecule has 4 saturated carbocycles. The Hall–Kier alpha value is -0.120. The van der Waals surface area contributed by atoms with E-state index in [-0.39, 0.29) is 17.6 Å². The van der Waals surface area contributed by atoms with Crippen LogP contribution < -0.4 is 0 Å². The minimum atomic E-state index is -0.278. The molecule has 19 heavy (non-hydrogen) atoms. The summed E-state index contributed by atoms with van der Waals surface area (Å²) in [6, 6.07) is 0. The maximum Gasteiger partial charge on any atom is 0.0830 e. The first-order valence-corrected chi connectivity index (χ1v) is 7.90. The van der Waals surface area contributed by atoms with Crippen LogP contribution in [0.3, 0.4) is 0 Å². The molecule has 4 aliphatic carbocycles. The molecule has 110 valence electrons. The van der Waals surface area contributed by atoms with Crippen molar-refractivity contribution in [2.45, 2.75) is 57.7 Å². The number of ether oxygens (including phenoxy) is 2. The van der Waals surface area contributed by atoms with Crippen molar-refractivity contribution in [1.82, 2.24) is 0 Å². The standard InChI is InChI=1S/C16H28O3/c1-11(9-18-2)19-10-15(17)16-6-12-3-13(7-16)5-14(4-12)8-16/h11-15,17H,3-10H2,1-2H3. The lowest BCUT2D eigenvalue weighted by molar-refractivity contribution is -0.148. The Bertz CT molecular complexity index is 280. The van der Waals surface area contributed by atoms with Crippen LogP contribution in [0.4, 0.5) is 0 Å². The summed E-state index contributed by atoms with van der Waals surface area (Å²) in [6.07, 6.45) is 7.79. The number of hydrogen-bond acceptors (Lipinski definition) is 3. The van der Waals surface area contributed by atoms with Crippen molar-refractivity contribution in [3.63, 3.8) is 0 Å². The van der Waals surface area contributed by atoms with Gasteiger partial charge in [-0.1, -0.05) is 0 Å². The molecule has 4 aliphatic rings. The molecule has 0 radical (unpaired) electrons. The summed E-state index contributed by atoms with van der Waals surface area (Å²) in [5.41, 5.74) is 0.182. The second-order valence-corrected chi connectivity index (χ2v) is 7.40. The van der Waals surface area contributed by atoms with Gasteiger partial charge < -0.3 is 14.6 Å². The maximum absolute atomic E-state index is 10.7. The van der Waals surface area contributed by atoms with Gasteiger partial charge in [-0.3, -0.25) is 0 Å². The molecular weight excluding hydrogens is 240 g/mol. The predicted octanol–water partition coefficient (Wildman–Crippen LogP) is 2.62. The number of aliphatic hydroxyl groups excluding tert-OH is 1. The molecule has 0 aromatic rings. The zero-order chi connectivity index (χ0) is 13.5. The highest BCUT2D eigenvalue weighted by molar-refractivity contribution is 5.04. The van der Waals surface area contributed by atoms with Crippen LogP contribution >= 0.6 is 0 Å². The number of hydrogen-bond donors (Lipinski definition) is 1. The van der Waals surface area contributed by atoms with Gasteiger partial charge >= 0.3 is 0 Å². The highest BCUT2D eigenvalue weighted by atomic mass is 16.5. The van der Waals surface area contributed by atoms with Gasteiger partial charge in [0.1, 0.15) is 0 Å². The third-order valence-electron chi connectivity index (χ3n) is 5.73. The van der Waals surface area contributed by atoms with Gasteiger partial charge in [-0.2, -0.15) is 0 Å². The predicted molar refractivity (Wildman–Crippen MR) is 73.9 cm³/mol. The summed E-state index contributed by atoms with van der Waals surface area (Å²) < 4.78 is 10.8. The summed E-state index contributed by atoms with van der Waals surface area (Å²) in [5.74, 6) is 2.66. The zero-order valence-corrected chi connectivity index (χ0v) is 12.3. The molecule has 4 bridgehead atoms. The fourth-order valence-electron chi connectivity index (χ4n) is 5.30. The Labute approximate surface area is 116 Å². The normalized spacial score (nSPS) is 43.4. The van der Waals surface area contributed by atoms with Gasteiger partial charge in [0.25, 0.3) is 0 Å². The Balaban J connectivity index is 1.58. The highest BCUT2D eigenvalue weighted by Gasteiger charge is 2.53. The van der Waals surface area contributed by atoms with E-state index in [2.05, 4.69) is 0 Å². The van der Waals surface area contributed by atoms with E-state index in [0.717, 1.165) is 17.8 Å². The summed E-state index contributed by atoms with van der Waals surface area (Å²) >= 11 is 0. The Morgan fingerprint density at radius 3 is 2.05 bits per heavy atom. The molecule has 3 nitrogen and oxygen atoms in total. The van der Waals surface area contributed by atoms with E-state index < -0.39 is 0 Å². The minimum Gasteiger partial charge on any atom is -0.390 e. The van der Waals surface area contributed by atoms with Gasteiger partial charge in [0.05, 0.1) is 25.4 Å². The average Bonchev–Trinajstić information content (AvgIpc) is 2.34. The fourth-order valence-corrected chi connectivity index (χ4v) is 5.30. The second kappa shape index (κ2) is 5.34. The molecule has 2 unspecified atom stereocenters. The maximum atomic E-state index is 10.7. The van der Waals surface area contributed by atoms with E-state index in [1.165, 1.54) is 38.5 Å². The molecule has 3 heteroatoms. The van der Waals surface area contributed by atoms with E-state index in [0.29, 0.717) is 13.2 Å². The molecular formula is C16H28O3. The van der Waals surface area contributed by atoms with E-state index in [1.54, 1.807) is 7.11 Å². The van der Waals surface area contributed by atoms with Crippen LogP contribution in [0.15, 0.2) is 0 Å². The zero-order valence-electron chi connectivity index (χ0n) is 12.3. The SMILES string of the molecule is COCC(C)OCC(O)C12CC3CC(CC(C3)C1)C2. The quantitative estimate of drug-likeness (QED) is 0.805. The Morgan fingerprint density at radius 2 is 1.58 bits per heavy atom. The molecule has 4 fully saturated rings. The summed E-state index contributed by atoms with van der Waals surface area (Å²) in [7, 11) is 1.69. The lowest BCUT2D eigenvalue weighted by Gasteiger charge is -2.58. The van der Waals surface area contributed by atoms with Crippen LogP contribution in [-0.2, 0) is 9.47 Å². The largest absolute Gasteiger partial charge is 0.390 e. The van der Waals surface area contributed by atoms with Crippen LogP contribution in [0.1, 0.15) is 45.4 Å². The van der Waals surface area contributed by atoms with Crippen molar-refractivity contribution < 1.29 is 14.6 Å². The number of methoxy groups -OCH3 is 1. The smallest absolute Gasteiger partial charge is 0.0830 e. The topological polar surface area (TPSA) is 38.7 Å². The first-order valence-electron chi connectivity index (χ1n) is 7.90. The van der Waals surface area contributed by atoms with Crippen molar-refractivity contribution in [2.75, 3.05) is 20.3 Å². The van der Waals surface area contributed by atoms with Crippen LogP contribution in [0.5, 0.6) is 0 Å². The van der Waals surface area contributed by atoms with Crippen LogP contribution in [0.25, 0.3) is 0 Å². The van der Waals surface area contributed by atoms with Gasteiger partial charge in [-0.25, -0.2) is 0 Å². The van der Waals surface area contributed by atoms with Gasteiger partial charge in [-0.15, -0.1) is 0 Å². The van der Waals surface area contributed by atoms with Gasteiger partial charge in [0, 0.05) is 7.11 Å². The molecule has 4 rings (SSSR count). The van der Waals surface area contributed by atoms with E-state index in [9.17, 15) is 5.11 Å². The number of aliphatic hydroxyl groups is 1. The molecule has 0 spiro atoms. The van der Waals surface area contributed by atoms with Gasteiger partial charge in [-0.05, 0) is 68.6 Å². The molecule has 0 heterocycles. The molecule has 0 aliphatic heterocycles. The van der Waals surface area contributed by atoms with Gasteiger partial charge in [0.15, 0.2) is 0 Å². The van der Waals surface area contributed by atoms with Gasteiger partial charge in [0.2, 0.25) is 0 Å². The fraction of sp³-hybridized carbons (Fsp3) is 1.00. The monoisotopic (exact) mass is 268 g/mol. The van der Waals surface area contributed by atoms with Crippen LogP contribution in [0.2, 0.25) is 0 Å². The average molecular weight is 268 g/mol. The number of rotatable bonds is 6. The molecule has 1 N–H and O–H groups in total. The van der Waals surface area contributed by atoms with Crippen LogP contribution in [0, 0.1) is 23.2 Å². The molecule has 0 saturated heterocycles. The molecule has 2 atom stereocenters. The summed E-state index contributed by atoms with van der Waals surface area (Å²) in [4.78, 5) is 0. The van der Waals surface area contributed by atoms with Crippen molar-refractivity contribution in [3.05, 3.63) is 0 Å². The molecule has 0 amide bonds. The Morgan fingerprint density at radius 1 is 1.05 bits per heavy atom. The summed E-state index contributed by atoms with van der Waals surface area (Å²) in [6.45, 7) is 3.10. The third-order valence-corrected chi connectivity index (χ3v) is 5.73.